The van der Waals surface area contributed by atoms with Gasteiger partial charge in [0.05, 0.1) is 5.60 Å². The number of rotatable bonds is 3. The molecule has 0 saturated heterocycles. The Kier molecular flexibility index (Phi) is 4.44. The smallest absolute Gasteiger partial charge is 0.123 e. The first-order valence-electron chi connectivity index (χ1n) is 6.69. The number of halogens is 2. The molecule has 18 heavy (non-hydrogen) atoms. The molecule has 0 aromatic heterocycles. The van der Waals surface area contributed by atoms with E-state index in [0.717, 1.165) is 35.7 Å². The van der Waals surface area contributed by atoms with E-state index in [1.54, 1.807) is 6.07 Å². The van der Waals surface area contributed by atoms with E-state index in [4.69, 9.17) is 0 Å². The van der Waals surface area contributed by atoms with Crippen LogP contribution in [-0.2, 0) is 6.42 Å². The van der Waals surface area contributed by atoms with Crippen molar-refractivity contribution in [3.8, 4) is 0 Å². The zero-order valence-corrected chi connectivity index (χ0v) is 12.3. The predicted molar refractivity (Wildman–Crippen MR) is 75.0 cm³/mol. The van der Waals surface area contributed by atoms with Gasteiger partial charge in [0.15, 0.2) is 0 Å². The third-order valence-corrected chi connectivity index (χ3v) is 4.80. The topological polar surface area (TPSA) is 20.2 Å². The van der Waals surface area contributed by atoms with E-state index < -0.39 is 5.60 Å². The molecule has 0 amide bonds. The summed E-state index contributed by atoms with van der Waals surface area (Å²) in [6.07, 6.45) is 5.61. The Balaban J connectivity index is 2.14. The lowest BCUT2D eigenvalue weighted by Gasteiger charge is -2.37. The van der Waals surface area contributed by atoms with Gasteiger partial charge >= 0.3 is 0 Å². The summed E-state index contributed by atoms with van der Waals surface area (Å²) in [5.41, 5.74) is 0.212. The van der Waals surface area contributed by atoms with E-state index in [2.05, 4.69) is 22.9 Å². The Labute approximate surface area is 117 Å². The number of benzene rings is 1. The average molecular weight is 315 g/mol. The van der Waals surface area contributed by atoms with Gasteiger partial charge in [0, 0.05) is 10.9 Å². The van der Waals surface area contributed by atoms with Gasteiger partial charge in [0.25, 0.3) is 0 Å². The predicted octanol–water partition coefficient (Wildman–Crippen LogP) is 4.46. The highest BCUT2D eigenvalue weighted by Gasteiger charge is 2.34. The average Bonchev–Trinajstić information content (AvgIpc) is 2.33. The Hall–Kier alpha value is -0.410. The van der Waals surface area contributed by atoms with Crippen molar-refractivity contribution in [2.45, 2.75) is 51.0 Å². The molecule has 1 aromatic rings. The van der Waals surface area contributed by atoms with Gasteiger partial charge in [-0.1, -0.05) is 42.1 Å². The van der Waals surface area contributed by atoms with E-state index in [-0.39, 0.29) is 5.82 Å². The van der Waals surface area contributed by atoms with Crippen molar-refractivity contribution in [2.75, 3.05) is 0 Å². The summed E-state index contributed by atoms with van der Waals surface area (Å²) >= 11 is 3.44. The fourth-order valence-corrected chi connectivity index (χ4v) is 3.39. The summed E-state index contributed by atoms with van der Waals surface area (Å²) in [4.78, 5) is 0. The summed E-state index contributed by atoms with van der Waals surface area (Å²) in [5.74, 6) is 0.371. The molecule has 1 aromatic carbocycles. The summed E-state index contributed by atoms with van der Waals surface area (Å²) in [6, 6.07) is 4.68. The van der Waals surface area contributed by atoms with Crippen molar-refractivity contribution >= 4 is 15.9 Å². The highest BCUT2D eigenvalue weighted by Crippen LogP contribution is 2.37. The summed E-state index contributed by atoms with van der Waals surface area (Å²) in [6.45, 7) is 2.18. The molecule has 1 aliphatic carbocycles. The van der Waals surface area contributed by atoms with Crippen molar-refractivity contribution in [3.63, 3.8) is 0 Å². The fourth-order valence-electron chi connectivity index (χ4n) is 3.00. The van der Waals surface area contributed by atoms with Gasteiger partial charge in [-0.05, 0) is 42.5 Å². The van der Waals surface area contributed by atoms with Gasteiger partial charge in [-0.15, -0.1) is 0 Å². The summed E-state index contributed by atoms with van der Waals surface area (Å²) in [7, 11) is 0. The molecule has 1 aliphatic rings. The van der Waals surface area contributed by atoms with Crippen LogP contribution in [0.25, 0.3) is 0 Å². The third-order valence-electron chi connectivity index (χ3n) is 4.03. The van der Waals surface area contributed by atoms with Gasteiger partial charge in [-0.25, -0.2) is 4.39 Å². The maximum Gasteiger partial charge on any atom is 0.123 e. The van der Waals surface area contributed by atoms with Crippen molar-refractivity contribution in [2.24, 2.45) is 5.92 Å². The van der Waals surface area contributed by atoms with Crippen LogP contribution < -0.4 is 0 Å². The van der Waals surface area contributed by atoms with Crippen LogP contribution in [0.2, 0.25) is 0 Å². The lowest BCUT2D eigenvalue weighted by Crippen LogP contribution is -2.37. The minimum atomic E-state index is -0.658. The van der Waals surface area contributed by atoms with Gasteiger partial charge in [0.1, 0.15) is 5.82 Å². The molecule has 1 nitrogen and oxygen atoms in total. The molecule has 0 heterocycles. The Morgan fingerprint density at radius 2 is 2.28 bits per heavy atom. The third kappa shape index (κ3) is 3.33. The molecule has 0 radical (unpaired) electrons. The monoisotopic (exact) mass is 314 g/mol. The molecule has 1 saturated carbocycles. The highest BCUT2D eigenvalue weighted by molar-refractivity contribution is 9.10. The van der Waals surface area contributed by atoms with Crippen molar-refractivity contribution in [1.82, 2.24) is 0 Å². The largest absolute Gasteiger partial charge is 0.390 e. The normalized spacial score (nSPS) is 28.3. The molecule has 100 valence electrons. The molecule has 0 aliphatic heterocycles. The number of hydrogen-bond acceptors (Lipinski definition) is 1. The van der Waals surface area contributed by atoms with E-state index in [1.165, 1.54) is 18.6 Å². The lowest BCUT2D eigenvalue weighted by molar-refractivity contribution is -0.0163. The van der Waals surface area contributed by atoms with E-state index >= 15 is 0 Å². The molecule has 2 atom stereocenters. The Bertz CT molecular complexity index is 421. The van der Waals surface area contributed by atoms with Gasteiger partial charge in [-0.3, -0.25) is 0 Å². The second-order valence-corrected chi connectivity index (χ2v) is 6.36. The van der Waals surface area contributed by atoms with Crippen LogP contribution >= 0.6 is 15.9 Å². The standard InChI is InChI=1S/C15H20BrFO/c1-2-11-4-3-7-15(18,9-11)10-12-8-13(17)5-6-14(12)16/h5-6,8,11,18H,2-4,7,9-10H2,1H3. The van der Waals surface area contributed by atoms with Gasteiger partial charge in [0.2, 0.25) is 0 Å². The molecular formula is C15H20BrFO. The first-order valence-corrected chi connectivity index (χ1v) is 7.48. The van der Waals surface area contributed by atoms with Crippen LogP contribution in [0.4, 0.5) is 4.39 Å². The summed E-state index contributed by atoms with van der Waals surface area (Å²) < 4.78 is 14.2. The van der Waals surface area contributed by atoms with Gasteiger partial charge < -0.3 is 5.11 Å². The molecule has 2 unspecified atom stereocenters. The van der Waals surface area contributed by atoms with Crippen LogP contribution in [0.1, 0.15) is 44.6 Å². The molecule has 1 fully saturated rings. The quantitative estimate of drug-likeness (QED) is 0.873. The van der Waals surface area contributed by atoms with Crippen molar-refractivity contribution in [1.29, 1.82) is 0 Å². The van der Waals surface area contributed by atoms with E-state index in [0.29, 0.717) is 12.3 Å². The van der Waals surface area contributed by atoms with Crippen LogP contribution in [0.15, 0.2) is 22.7 Å². The molecule has 0 spiro atoms. The van der Waals surface area contributed by atoms with Crippen molar-refractivity contribution in [3.05, 3.63) is 34.1 Å². The maximum atomic E-state index is 13.3. The molecule has 2 rings (SSSR count). The minimum Gasteiger partial charge on any atom is -0.390 e. The van der Waals surface area contributed by atoms with Crippen LogP contribution in [-0.4, -0.2) is 10.7 Å². The van der Waals surface area contributed by atoms with E-state index in [1.807, 2.05) is 0 Å². The molecule has 1 N–H and O–H groups in total. The van der Waals surface area contributed by atoms with E-state index in [9.17, 15) is 9.50 Å². The Morgan fingerprint density at radius 1 is 1.50 bits per heavy atom. The first-order chi connectivity index (χ1) is 8.52. The van der Waals surface area contributed by atoms with Crippen molar-refractivity contribution < 1.29 is 9.50 Å². The second-order valence-electron chi connectivity index (χ2n) is 5.51. The molecule has 3 heteroatoms. The van der Waals surface area contributed by atoms with Crippen LogP contribution in [0.3, 0.4) is 0 Å². The Morgan fingerprint density at radius 3 is 3.00 bits per heavy atom. The highest BCUT2D eigenvalue weighted by atomic mass is 79.9. The second kappa shape index (κ2) is 5.70. The molecular weight excluding hydrogens is 295 g/mol. The molecule has 0 bridgehead atoms. The van der Waals surface area contributed by atoms with Crippen LogP contribution in [0.5, 0.6) is 0 Å². The number of aliphatic hydroxyl groups is 1. The lowest BCUT2D eigenvalue weighted by atomic mass is 9.74. The summed E-state index contributed by atoms with van der Waals surface area (Å²) in [5, 5.41) is 10.7. The number of hydrogen-bond donors (Lipinski definition) is 1. The van der Waals surface area contributed by atoms with Crippen LogP contribution in [0, 0.1) is 11.7 Å². The maximum absolute atomic E-state index is 13.3. The minimum absolute atomic E-state index is 0.236. The fraction of sp³-hybridized carbons (Fsp3) is 0.600. The van der Waals surface area contributed by atoms with Gasteiger partial charge in [-0.2, -0.15) is 0 Å². The SMILES string of the molecule is CCC1CCCC(O)(Cc2cc(F)ccc2Br)C1. The zero-order valence-electron chi connectivity index (χ0n) is 10.8. The first kappa shape index (κ1) is 14.0. The zero-order chi connectivity index (χ0) is 13.2.